The lowest BCUT2D eigenvalue weighted by Crippen LogP contribution is -2.32. The summed E-state index contributed by atoms with van der Waals surface area (Å²) in [6.07, 6.45) is 0. The Morgan fingerprint density at radius 1 is 0.818 bits per heavy atom. The third kappa shape index (κ3) is 3.62. The van der Waals surface area contributed by atoms with Gasteiger partial charge in [0.05, 0.1) is 18.4 Å². The van der Waals surface area contributed by atoms with Crippen molar-refractivity contribution in [1.82, 2.24) is 0 Å². The number of hydrogen-bond donors (Lipinski definition) is 1. The predicted octanol–water partition coefficient (Wildman–Crippen LogP) is 5.90. The number of nitrogens with one attached hydrogen (secondary N) is 1. The molecule has 0 atom stereocenters. The molecule has 0 fully saturated rings. The first-order valence-corrected chi connectivity index (χ1v) is 10.7. The number of methoxy groups -OCH3 is 1. The first kappa shape index (κ1) is 20.8. The number of imide groups is 1. The van der Waals surface area contributed by atoms with Crippen molar-refractivity contribution in [1.29, 1.82) is 0 Å². The summed E-state index contributed by atoms with van der Waals surface area (Å²) in [6.45, 7) is 0. The van der Waals surface area contributed by atoms with Crippen molar-refractivity contribution >= 4 is 51.1 Å². The number of ether oxygens (including phenoxy) is 1. The van der Waals surface area contributed by atoms with Crippen LogP contribution in [0, 0.1) is 0 Å². The van der Waals surface area contributed by atoms with Crippen molar-refractivity contribution in [2.75, 3.05) is 17.3 Å². The Morgan fingerprint density at radius 2 is 1.55 bits per heavy atom. The van der Waals surface area contributed by atoms with Gasteiger partial charge in [0.2, 0.25) is 0 Å². The van der Waals surface area contributed by atoms with Crippen LogP contribution in [0.25, 0.3) is 16.3 Å². The molecule has 0 spiro atoms. The van der Waals surface area contributed by atoms with Crippen molar-refractivity contribution in [3.05, 3.63) is 107 Å². The number of carbonyl (C=O) groups is 2. The van der Waals surface area contributed by atoms with Crippen LogP contribution in [0.5, 0.6) is 5.75 Å². The normalized spacial score (nSPS) is 13.7. The van der Waals surface area contributed by atoms with Crippen LogP contribution in [-0.2, 0) is 9.59 Å². The van der Waals surface area contributed by atoms with Crippen LogP contribution < -0.4 is 15.0 Å². The van der Waals surface area contributed by atoms with Crippen LogP contribution in [0.2, 0.25) is 5.02 Å². The summed E-state index contributed by atoms with van der Waals surface area (Å²) >= 11 is 6.15. The smallest absolute Gasteiger partial charge is 0.282 e. The van der Waals surface area contributed by atoms with E-state index in [1.807, 2.05) is 48.5 Å². The Kier molecular flexibility index (Phi) is 5.32. The van der Waals surface area contributed by atoms with Gasteiger partial charge < -0.3 is 10.1 Å². The Labute approximate surface area is 195 Å². The van der Waals surface area contributed by atoms with Crippen LogP contribution in [0.3, 0.4) is 0 Å². The molecule has 33 heavy (non-hydrogen) atoms. The van der Waals surface area contributed by atoms with Crippen molar-refractivity contribution < 1.29 is 14.3 Å². The number of anilines is 2. The highest BCUT2D eigenvalue weighted by atomic mass is 35.5. The zero-order valence-corrected chi connectivity index (χ0v) is 18.5. The second kappa shape index (κ2) is 8.45. The van der Waals surface area contributed by atoms with E-state index in [-0.39, 0.29) is 11.3 Å². The van der Waals surface area contributed by atoms with Gasteiger partial charge >= 0.3 is 0 Å². The highest BCUT2D eigenvalue weighted by molar-refractivity contribution is 6.46. The molecule has 0 aromatic heterocycles. The molecule has 1 N–H and O–H groups in total. The summed E-state index contributed by atoms with van der Waals surface area (Å²) in [6, 6.07) is 27.5. The van der Waals surface area contributed by atoms with E-state index in [0.29, 0.717) is 22.0 Å². The minimum Gasteiger partial charge on any atom is -0.496 e. The average molecular weight is 455 g/mol. The fraction of sp³-hybridized carbons (Fsp3) is 0.0370. The maximum Gasteiger partial charge on any atom is 0.282 e. The molecule has 1 heterocycles. The van der Waals surface area contributed by atoms with Gasteiger partial charge in [-0.15, -0.1) is 0 Å². The fourth-order valence-corrected chi connectivity index (χ4v) is 4.25. The zero-order chi connectivity index (χ0) is 22.9. The highest BCUT2D eigenvalue weighted by Gasteiger charge is 2.41. The molecule has 162 valence electrons. The van der Waals surface area contributed by atoms with E-state index in [9.17, 15) is 9.59 Å². The second-order valence-corrected chi connectivity index (χ2v) is 7.96. The van der Waals surface area contributed by atoms with E-state index < -0.39 is 11.8 Å². The third-order valence-corrected chi connectivity index (χ3v) is 5.81. The summed E-state index contributed by atoms with van der Waals surface area (Å²) in [7, 11) is 1.53. The topological polar surface area (TPSA) is 58.6 Å². The standard InChI is InChI=1S/C27H19ClN2O3/c1-33-23-15-5-4-13-21(23)24-25(29-22-14-6-9-17-8-2-3-12-20(17)22)27(32)30(26(24)31)19-11-7-10-18(28)16-19/h2-16,29H,1H3. The van der Waals surface area contributed by atoms with Crippen LogP contribution in [0.15, 0.2) is 96.7 Å². The maximum atomic E-state index is 13.7. The number of hydrogen-bond acceptors (Lipinski definition) is 4. The SMILES string of the molecule is COc1ccccc1C1=C(Nc2cccc3ccccc23)C(=O)N(c2cccc(Cl)c2)C1=O. The van der Waals surface area contributed by atoms with Crippen LogP contribution in [-0.4, -0.2) is 18.9 Å². The fourth-order valence-electron chi connectivity index (χ4n) is 4.07. The molecule has 0 aliphatic carbocycles. The second-order valence-electron chi connectivity index (χ2n) is 7.53. The zero-order valence-electron chi connectivity index (χ0n) is 17.7. The lowest BCUT2D eigenvalue weighted by atomic mass is 10.0. The Balaban J connectivity index is 1.70. The van der Waals surface area contributed by atoms with E-state index in [1.165, 1.54) is 7.11 Å². The molecule has 0 bridgehead atoms. The van der Waals surface area contributed by atoms with E-state index in [1.54, 1.807) is 42.5 Å². The van der Waals surface area contributed by atoms with Crippen molar-refractivity contribution in [3.63, 3.8) is 0 Å². The van der Waals surface area contributed by atoms with E-state index >= 15 is 0 Å². The van der Waals surface area contributed by atoms with Gasteiger partial charge in [0, 0.05) is 21.7 Å². The Hall–Kier alpha value is -4.09. The number of amides is 2. The molecule has 5 nitrogen and oxygen atoms in total. The van der Waals surface area contributed by atoms with Crippen LogP contribution in [0.4, 0.5) is 11.4 Å². The summed E-state index contributed by atoms with van der Waals surface area (Å²) < 4.78 is 5.51. The minimum absolute atomic E-state index is 0.181. The molecule has 0 radical (unpaired) electrons. The van der Waals surface area contributed by atoms with E-state index in [0.717, 1.165) is 21.4 Å². The molecule has 1 aliphatic rings. The average Bonchev–Trinajstić information content (AvgIpc) is 3.08. The molecule has 0 unspecified atom stereocenters. The molecule has 1 aliphatic heterocycles. The summed E-state index contributed by atoms with van der Waals surface area (Å²) in [4.78, 5) is 28.5. The number of nitrogens with zero attached hydrogens (tertiary/aromatic N) is 1. The first-order valence-electron chi connectivity index (χ1n) is 10.4. The number of halogens is 1. The minimum atomic E-state index is -0.462. The lowest BCUT2D eigenvalue weighted by molar-refractivity contribution is -0.120. The van der Waals surface area contributed by atoms with Crippen LogP contribution >= 0.6 is 11.6 Å². The van der Waals surface area contributed by atoms with Gasteiger partial charge in [0.25, 0.3) is 11.8 Å². The number of para-hydroxylation sites is 1. The Bertz CT molecular complexity index is 1440. The lowest BCUT2D eigenvalue weighted by Gasteiger charge is -2.16. The van der Waals surface area contributed by atoms with Gasteiger partial charge in [-0.1, -0.05) is 72.3 Å². The molecular weight excluding hydrogens is 436 g/mol. The third-order valence-electron chi connectivity index (χ3n) is 5.58. The number of rotatable bonds is 5. The van der Waals surface area contributed by atoms with Crippen molar-refractivity contribution in [3.8, 4) is 5.75 Å². The molecule has 2 amide bonds. The Morgan fingerprint density at radius 3 is 2.36 bits per heavy atom. The van der Waals surface area contributed by atoms with Crippen molar-refractivity contribution in [2.24, 2.45) is 0 Å². The van der Waals surface area contributed by atoms with Gasteiger partial charge in [0.15, 0.2) is 0 Å². The number of benzene rings is 4. The molecule has 4 aromatic rings. The molecule has 5 rings (SSSR count). The quantitative estimate of drug-likeness (QED) is 0.381. The number of carbonyl (C=O) groups excluding carboxylic acids is 2. The monoisotopic (exact) mass is 454 g/mol. The molecule has 4 aromatic carbocycles. The predicted molar refractivity (Wildman–Crippen MR) is 131 cm³/mol. The summed E-state index contributed by atoms with van der Waals surface area (Å²) in [5.74, 6) is -0.413. The van der Waals surface area contributed by atoms with Gasteiger partial charge in [-0.2, -0.15) is 0 Å². The largest absolute Gasteiger partial charge is 0.496 e. The van der Waals surface area contributed by atoms with Gasteiger partial charge in [-0.3, -0.25) is 9.59 Å². The summed E-state index contributed by atoms with van der Waals surface area (Å²) in [5, 5.41) is 5.65. The van der Waals surface area contributed by atoms with Gasteiger partial charge in [0.1, 0.15) is 11.4 Å². The van der Waals surface area contributed by atoms with E-state index in [4.69, 9.17) is 16.3 Å². The molecule has 0 saturated heterocycles. The highest BCUT2D eigenvalue weighted by Crippen LogP contribution is 2.38. The van der Waals surface area contributed by atoms with Crippen molar-refractivity contribution in [2.45, 2.75) is 0 Å². The van der Waals surface area contributed by atoms with Gasteiger partial charge in [-0.05, 0) is 35.7 Å². The number of fused-ring (bicyclic) bond motifs is 1. The first-order chi connectivity index (χ1) is 16.1. The molecule has 0 saturated carbocycles. The maximum absolute atomic E-state index is 13.7. The van der Waals surface area contributed by atoms with E-state index in [2.05, 4.69) is 5.32 Å². The van der Waals surface area contributed by atoms with Crippen LogP contribution in [0.1, 0.15) is 5.56 Å². The summed E-state index contributed by atoms with van der Waals surface area (Å²) in [5.41, 5.74) is 2.08. The molecular formula is C27H19ClN2O3. The van der Waals surface area contributed by atoms with Gasteiger partial charge in [-0.25, -0.2) is 4.90 Å². The molecule has 6 heteroatoms.